The first-order chi connectivity index (χ1) is 11.1. The fraction of sp³-hybridized carbons (Fsp3) is 0. The third-order valence-electron chi connectivity index (χ3n) is 2.79. The number of rotatable bonds is 4. The van der Waals surface area contributed by atoms with Crippen LogP contribution >= 0.6 is 27.5 Å². The van der Waals surface area contributed by atoms with Gasteiger partial charge >= 0.3 is 6.01 Å². The van der Waals surface area contributed by atoms with Gasteiger partial charge in [-0.2, -0.15) is 10.1 Å². The summed E-state index contributed by atoms with van der Waals surface area (Å²) in [6.07, 6.45) is 4.66. The SMILES string of the molecule is Oc1c(Br)cc(Cl)cc1/C=N/Nc1nc(-c2ccncc2)no1. The van der Waals surface area contributed by atoms with Crippen molar-refractivity contribution in [3.8, 4) is 17.1 Å². The maximum absolute atomic E-state index is 9.89. The van der Waals surface area contributed by atoms with Crippen LogP contribution in [-0.2, 0) is 0 Å². The Morgan fingerprint density at radius 1 is 1.30 bits per heavy atom. The van der Waals surface area contributed by atoms with E-state index in [-0.39, 0.29) is 11.8 Å². The second-order valence-electron chi connectivity index (χ2n) is 4.35. The fourth-order valence-electron chi connectivity index (χ4n) is 1.73. The van der Waals surface area contributed by atoms with Crippen LogP contribution < -0.4 is 5.43 Å². The number of nitrogens with zero attached hydrogens (tertiary/aromatic N) is 4. The van der Waals surface area contributed by atoms with Crippen molar-refractivity contribution in [2.24, 2.45) is 5.10 Å². The molecule has 0 radical (unpaired) electrons. The van der Waals surface area contributed by atoms with Gasteiger partial charge in [0.2, 0.25) is 5.82 Å². The molecule has 0 aliphatic heterocycles. The summed E-state index contributed by atoms with van der Waals surface area (Å²) in [4.78, 5) is 8.06. The van der Waals surface area contributed by atoms with Crippen LogP contribution in [0.15, 0.2) is 50.8 Å². The van der Waals surface area contributed by atoms with Crippen molar-refractivity contribution in [2.45, 2.75) is 0 Å². The Kier molecular flexibility index (Phi) is 4.54. The number of pyridine rings is 1. The number of aromatic hydroxyl groups is 1. The van der Waals surface area contributed by atoms with Crippen molar-refractivity contribution >= 4 is 39.8 Å². The minimum absolute atomic E-state index is 0.0305. The second-order valence-corrected chi connectivity index (χ2v) is 5.65. The fourth-order valence-corrected chi connectivity index (χ4v) is 2.56. The lowest BCUT2D eigenvalue weighted by molar-refractivity contribution is 0.433. The van der Waals surface area contributed by atoms with Crippen molar-refractivity contribution in [3.05, 3.63) is 51.7 Å². The summed E-state index contributed by atoms with van der Waals surface area (Å²) in [5.74, 6) is 0.446. The zero-order valence-corrected chi connectivity index (χ0v) is 13.8. The topological polar surface area (TPSA) is 96.4 Å². The molecule has 9 heteroatoms. The van der Waals surface area contributed by atoms with Gasteiger partial charge in [-0.25, -0.2) is 5.43 Å². The molecule has 0 saturated carbocycles. The number of phenols is 1. The summed E-state index contributed by atoms with van der Waals surface area (Å²) in [7, 11) is 0. The monoisotopic (exact) mass is 393 g/mol. The maximum atomic E-state index is 9.89. The first-order valence-electron chi connectivity index (χ1n) is 6.34. The Labute approximate surface area is 144 Å². The molecule has 0 aliphatic rings. The van der Waals surface area contributed by atoms with Crippen LogP contribution in [0.1, 0.15) is 5.56 Å². The summed E-state index contributed by atoms with van der Waals surface area (Å²) in [6, 6.07) is 6.80. The Bertz CT molecular complexity index is 854. The van der Waals surface area contributed by atoms with E-state index < -0.39 is 0 Å². The minimum atomic E-state index is 0.0305. The number of hydrazone groups is 1. The van der Waals surface area contributed by atoms with Crippen molar-refractivity contribution in [1.29, 1.82) is 0 Å². The Morgan fingerprint density at radius 2 is 2.09 bits per heavy atom. The lowest BCUT2D eigenvalue weighted by Crippen LogP contribution is -1.92. The number of aromatic nitrogens is 3. The Hall–Kier alpha value is -2.45. The standard InChI is InChI=1S/C14H9BrClN5O2/c15-11-6-10(16)5-9(12(11)22)7-18-20-14-19-13(21-23-14)8-1-3-17-4-2-8/h1-7,22H,(H,19,20,21)/b18-7+. The predicted octanol–water partition coefficient (Wildman–Crippen LogP) is 3.70. The molecule has 0 fully saturated rings. The highest BCUT2D eigenvalue weighted by atomic mass is 79.9. The zero-order valence-electron chi connectivity index (χ0n) is 11.4. The van der Waals surface area contributed by atoms with Gasteiger partial charge in [0.15, 0.2) is 0 Å². The first-order valence-corrected chi connectivity index (χ1v) is 7.52. The van der Waals surface area contributed by atoms with Gasteiger partial charge in [0.25, 0.3) is 0 Å². The van der Waals surface area contributed by atoms with Crippen LogP contribution in [0.25, 0.3) is 11.4 Å². The molecule has 0 saturated heterocycles. The average molecular weight is 395 g/mol. The Balaban J connectivity index is 1.73. The summed E-state index contributed by atoms with van der Waals surface area (Å²) < 4.78 is 5.51. The van der Waals surface area contributed by atoms with E-state index in [0.29, 0.717) is 20.9 Å². The lowest BCUT2D eigenvalue weighted by Gasteiger charge is -2.02. The molecular weight excluding hydrogens is 386 g/mol. The molecule has 2 heterocycles. The number of phenolic OH excluding ortho intramolecular Hbond substituents is 1. The molecule has 0 atom stereocenters. The molecule has 0 spiro atoms. The van der Waals surface area contributed by atoms with Gasteiger partial charge in [-0.3, -0.25) is 4.98 Å². The Morgan fingerprint density at radius 3 is 2.87 bits per heavy atom. The van der Waals surface area contributed by atoms with Crippen LogP contribution in [0.5, 0.6) is 5.75 Å². The van der Waals surface area contributed by atoms with E-state index in [4.69, 9.17) is 16.1 Å². The van der Waals surface area contributed by atoms with Gasteiger partial charge in [-0.05, 0) is 40.2 Å². The van der Waals surface area contributed by atoms with Gasteiger partial charge in [-0.1, -0.05) is 16.8 Å². The third kappa shape index (κ3) is 3.66. The maximum Gasteiger partial charge on any atom is 0.342 e. The summed E-state index contributed by atoms with van der Waals surface area (Å²) >= 11 is 9.12. The average Bonchev–Trinajstić information content (AvgIpc) is 3.02. The smallest absolute Gasteiger partial charge is 0.342 e. The molecule has 1 aromatic carbocycles. The van der Waals surface area contributed by atoms with Crippen molar-refractivity contribution < 1.29 is 9.63 Å². The lowest BCUT2D eigenvalue weighted by atomic mass is 10.2. The van der Waals surface area contributed by atoms with E-state index in [0.717, 1.165) is 5.56 Å². The predicted molar refractivity (Wildman–Crippen MR) is 89.6 cm³/mol. The number of halogens is 2. The quantitative estimate of drug-likeness (QED) is 0.517. The number of anilines is 1. The largest absolute Gasteiger partial charge is 0.506 e. The van der Waals surface area contributed by atoms with E-state index in [1.54, 1.807) is 36.7 Å². The highest BCUT2D eigenvalue weighted by molar-refractivity contribution is 9.10. The molecule has 0 aliphatic carbocycles. The molecule has 2 N–H and O–H groups in total. The van der Waals surface area contributed by atoms with E-state index in [1.165, 1.54) is 6.21 Å². The molecule has 7 nitrogen and oxygen atoms in total. The number of hydrogen-bond donors (Lipinski definition) is 2. The number of benzene rings is 1. The van der Waals surface area contributed by atoms with Crippen molar-refractivity contribution in [1.82, 2.24) is 15.1 Å². The minimum Gasteiger partial charge on any atom is -0.506 e. The highest BCUT2D eigenvalue weighted by Crippen LogP contribution is 2.30. The second kappa shape index (κ2) is 6.76. The van der Waals surface area contributed by atoms with E-state index in [9.17, 15) is 5.11 Å². The van der Waals surface area contributed by atoms with Gasteiger partial charge in [0.1, 0.15) is 5.75 Å². The molecule has 3 aromatic rings. The van der Waals surface area contributed by atoms with Gasteiger partial charge < -0.3 is 9.63 Å². The molecule has 2 aromatic heterocycles. The molecule has 0 amide bonds. The summed E-state index contributed by atoms with van der Waals surface area (Å²) in [6.45, 7) is 0. The van der Waals surface area contributed by atoms with Crippen LogP contribution in [0.2, 0.25) is 5.02 Å². The zero-order chi connectivity index (χ0) is 16.2. The van der Waals surface area contributed by atoms with Crippen LogP contribution in [0.3, 0.4) is 0 Å². The molecular formula is C14H9BrClN5O2. The van der Waals surface area contributed by atoms with Gasteiger partial charge in [0.05, 0.1) is 10.7 Å². The summed E-state index contributed by atoms with van der Waals surface area (Å²) in [5.41, 5.74) is 3.80. The normalized spacial score (nSPS) is 11.0. The number of nitrogens with one attached hydrogen (secondary N) is 1. The molecule has 0 bridgehead atoms. The molecule has 23 heavy (non-hydrogen) atoms. The van der Waals surface area contributed by atoms with E-state index in [2.05, 4.69) is 41.6 Å². The first kappa shape index (κ1) is 15.4. The highest BCUT2D eigenvalue weighted by Gasteiger charge is 2.08. The van der Waals surface area contributed by atoms with Crippen molar-refractivity contribution in [2.75, 3.05) is 5.43 Å². The van der Waals surface area contributed by atoms with E-state index in [1.807, 2.05) is 0 Å². The van der Waals surface area contributed by atoms with Crippen LogP contribution in [0, 0.1) is 0 Å². The van der Waals surface area contributed by atoms with Gasteiger partial charge in [0, 0.05) is 28.5 Å². The van der Waals surface area contributed by atoms with Crippen molar-refractivity contribution in [3.63, 3.8) is 0 Å². The van der Waals surface area contributed by atoms with Gasteiger partial charge in [-0.15, -0.1) is 0 Å². The third-order valence-corrected chi connectivity index (χ3v) is 3.61. The summed E-state index contributed by atoms with van der Waals surface area (Å²) in [5, 5.41) is 18.1. The van der Waals surface area contributed by atoms with Crippen LogP contribution in [-0.4, -0.2) is 26.4 Å². The van der Waals surface area contributed by atoms with Crippen LogP contribution in [0.4, 0.5) is 6.01 Å². The van der Waals surface area contributed by atoms with E-state index >= 15 is 0 Å². The molecule has 3 rings (SSSR count). The number of hydrogen-bond acceptors (Lipinski definition) is 7. The molecule has 116 valence electrons. The molecule has 0 unspecified atom stereocenters.